The maximum atomic E-state index is 5.68. The molecular weight excluding hydrogens is 254 g/mol. The zero-order chi connectivity index (χ0) is 14.0. The molecule has 1 N–H and O–H groups in total. The van der Waals surface area contributed by atoms with E-state index in [0.717, 1.165) is 25.2 Å². The average Bonchev–Trinajstić information content (AvgIpc) is 3.11. The van der Waals surface area contributed by atoms with Crippen LogP contribution in [-0.2, 0) is 10.3 Å². The lowest BCUT2D eigenvalue weighted by atomic mass is 9.85. The van der Waals surface area contributed by atoms with E-state index < -0.39 is 0 Å². The number of hydrogen-bond acceptors (Lipinski definition) is 5. The second-order valence-electron chi connectivity index (χ2n) is 6.37. The number of nitrogens with one attached hydrogen (secondary N) is 1. The van der Waals surface area contributed by atoms with Gasteiger partial charge in [-0.05, 0) is 45.1 Å². The first kappa shape index (κ1) is 14.0. The van der Waals surface area contributed by atoms with Crippen molar-refractivity contribution in [1.29, 1.82) is 0 Å². The molecule has 2 atom stereocenters. The summed E-state index contributed by atoms with van der Waals surface area (Å²) < 4.78 is 11.2. The molecular formula is C15H25N3O2. The summed E-state index contributed by atoms with van der Waals surface area (Å²) in [7, 11) is 1.75. The second kappa shape index (κ2) is 5.82. The van der Waals surface area contributed by atoms with Gasteiger partial charge < -0.3 is 14.6 Å². The van der Waals surface area contributed by atoms with E-state index in [0.29, 0.717) is 11.8 Å². The zero-order valence-electron chi connectivity index (χ0n) is 12.5. The summed E-state index contributed by atoms with van der Waals surface area (Å²) in [5.41, 5.74) is -0.157. The molecule has 1 aliphatic heterocycles. The highest BCUT2D eigenvalue weighted by atomic mass is 16.5. The minimum atomic E-state index is -0.157. The molecule has 0 aromatic carbocycles. The molecule has 1 aromatic heterocycles. The second-order valence-corrected chi connectivity index (χ2v) is 6.37. The lowest BCUT2D eigenvalue weighted by molar-refractivity contribution is 0.0273. The molecule has 3 rings (SSSR count). The van der Waals surface area contributed by atoms with Crippen molar-refractivity contribution in [2.75, 3.05) is 13.7 Å². The summed E-state index contributed by atoms with van der Waals surface area (Å²) in [5, 5.41) is 7.66. The smallest absolute Gasteiger partial charge is 0.246 e. The molecule has 0 spiro atoms. The fourth-order valence-electron chi connectivity index (χ4n) is 3.60. The average molecular weight is 279 g/mol. The highest BCUT2D eigenvalue weighted by molar-refractivity contribution is 5.06. The van der Waals surface area contributed by atoms with E-state index in [1.807, 2.05) is 0 Å². The van der Waals surface area contributed by atoms with E-state index in [4.69, 9.17) is 9.26 Å². The molecule has 5 heteroatoms. The summed E-state index contributed by atoms with van der Waals surface area (Å²) in [5.74, 6) is 1.97. The first-order valence-electron chi connectivity index (χ1n) is 7.85. The molecule has 2 heterocycles. The van der Waals surface area contributed by atoms with Gasteiger partial charge in [-0.3, -0.25) is 0 Å². The Bertz CT molecular complexity index is 434. The number of aromatic nitrogens is 2. The molecule has 0 bridgehead atoms. The lowest BCUT2D eigenvalue weighted by Gasteiger charge is -2.27. The summed E-state index contributed by atoms with van der Waals surface area (Å²) in [6.45, 7) is 3.16. The maximum Gasteiger partial charge on any atom is 0.246 e. The van der Waals surface area contributed by atoms with Crippen LogP contribution in [0.4, 0.5) is 0 Å². The van der Waals surface area contributed by atoms with E-state index in [2.05, 4.69) is 22.4 Å². The SMILES string of the molecule is COC(c1noc(C2(C)CCCN2)n1)C1CCCCC1. The molecule has 2 aliphatic rings. The topological polar surface area (TPSA) is 60.2 Å². The Morgan fingerprint density at radius 3 is 2.75 bits per heavy atom. The van der Waals surface area contributed by atoms with Crippen LogP contribution in [0.5, 0.6) is 0 Å². The van der Waals surface area contributed by atoms with Crippen LogP contribution in [0.15, 0.2) is 4.52 Å². The Morgan fingerprint density at radius 2 is 2.10 bits per heavy atom. The van der Waals surface area contributed by atoms with Gasteiger partial charge in [0.1, 0.15) is 6.10 Å². The van der Waals surface area contributed by atoms with Crippen molar-refractivity contribution in [3.8, 4) is 0 Å². The van der Waals surface area contributed by atoms with Crippen LogP contribution in [0.25, 0.3) is 0 Å². The largest absolute Gasteiger partial charge is 0.373 e. The van der Waals surface area contributed by atoms with E-state index in [1.165, 1.54) is 32.1 Å². The predicted octanol–water partition coefficient (Wildman–Crippen LogP) is 2.94. The molecule has 2 fully saturated rings. The molecule has 1 saturated carbocycles. The standard InChI is InChI=1S/C15H25N3O2/c1-15(9-6-10-16-15)14-17-13(18-20-14)12(19-2)11-7-4-3-5-8-11/h11-12,16H,3-10H2,1-2H3. The quantitative estimate of drug-likeness (QED) is 0.918. The highest BCUT2D eigenvalue weighted by Crippen LogP contribution is 2.36. The van der Waals surface area contributed by atoms with Gasteiger partial charge in [0.2, 0.25) is 11.7 Å². The van der Waals surface area contributed by atoms with E-state index >= 15 is 0 Å². The Balaban J connectivity index is 1.77. The fraction of sp³-hybridized carbons (Fsp3) is 0.867. The molecule has 1 saturated heterocycles. The lowest BCUT2D eigenvalue weighted by Crippen LogP contribution is -2.33. The first-order chi connectivity index (χ1) is 9.73. The third-order valence-electron chi connectivity index (χ3n) is 4.87. The minimum absolute atomic E-state index is 0.0159. The van der Waals surface area contributed by atoms with Crippen LogP contribution >= 0.6 is 0 Å². The molecule has 5 nitrogen and oxygen atoms in total. The van der Waals surface area contributed by atoms with Crippen LogP contribution in [-0.4, -0.2) is 23.8 Å². The molecule has 20 heavy (non-hydrogen) atoms. The van der Waals surface area contributed by atoms with Gasteiger partial charge in [0.15, 0.2) is 0 Å². The van der Waals surface area contributed by atoms with Gasteiger partial charge in [0.05, 0.1) is 5.54 Å². The molecule has 1 aliphatic carbocycles. The summed E-state index contributed by atoms with van der Waals surface area (Å²) in [6, 6.07) is 0. The van der Waals surface area contributed by atoms with Crippen LogP contribution in [0, 0.1) is 5.92 Å². The summed E-state index contributed by atoms with van der Waals surface area (Å²) in [6.07, 6.45) is 8.52. The monoisotopic (exact) mass is 279 g/mol. The summed E-state index contributed by atoms with van der Waals surface area (Å²) >= 11 is 0. The number of methoxy groups -OCH3 is 1. The van der Waals surface area contributed by atoms with Crippen molar-refractivity contribution in [3.63, 3.8) is 0 Å². The van der Waals surface area contributed by atoms with Crippen molar-refractivity contribution in [1.82, 2.24) is 15.5 Å². The molecule has 2 unspecified atom stereocenters. The third-order valence-corrected chi connectivity index (χ3v) is 4.87. The van der Waals surface area contributed by atoms with Gasteiger partial charge in [-0.2, -0.15) is 4.98 Å². The van der Waals surface area contributed by atoms with Crippen LogP contribution in [0.3, 0.4) is 0 Å². The van der Waals surface area contributed by atoms with E-state index in [-0.39, 0.29) is 11.6 Å². The van der Waals surface area contributed by atoms with Crippen molar-refractivity contribution in [3.05, 3.63) is 11.7 Å². The first-order valence-corrected chi connectivity index (χ1v) is 7.85. The van der Waals surface area contributed by atoms with E-state index in [1.54, 1.807) is 7.11 Å². The number of hydrogen-bond donors (Lipinski definition) is 1. The zero-order valence-corrected chi connectivity index (χ0v) is 12.5. The van der Waals surface area contributed by atoms with Crippen molar-refractivity contribution >= 4 is 0 Å². The Labute approximate surface area is 120 Å². The normalized spacial score (nSPS) is 29.7. The molecule has 112 valence electrons. The van der Waals surface area contributed by atoms with Crippen LogP contribution < -0.4 is 5.32 Å². The Hall–Kier alpha value is -0.940. The Kier molecular flexibility index (Phi) is 4.08. The van der Waals surface area contributed by atoms with E-state index in [9.17, 15) is 0 Å². The van der Waals surface area contributed by atoms with Crippen LogP contribution in [0.2, 0.25) is 0 Å². The van der Waals surface area contributed by atoms with Crippen molar-refractivity contribution < 1.29 is 9.26 Å². The van der Waals surface area contributed by atoms with Gasteiger partial charge in [-0.1, -0.05) is 24.4 Å². The van der Waals surface area contributed by atoms with Gasteiger partial charge in [0, 0.05) is 7.11 Å². The third kappa shape index (κ3) is 2.61. The molecule has 0 radical (unpaired) electrons. The number of nitrogens with zero attached hydrogens (tertiary/aromatic N) is 2. The van der Waals surface area contributed by atoms with Gasteiger partial charge in [0.25, 0.3) is 0 Å². The molecule has 1 aromatic rings. The number of rotatable bonds is 4. The van der Waals surface area contributed by atoms with Gasteiger partial charge in [-0.25, -0.2) is 0 Å². The van der Waals surface area contributed by atoms with Crippen molar-refractivity contribution in [2.45, 2.75) is 63.5 Å². The maximum absolute atomic E-state index is 5.68. The fourth-order valence-corrected chi connectivity index (χ4v) is 3.60. The van der Waals surface area contributed by atoms with Gasteiger partial charge >= 0.3 is 0 Å². The molecule has 0 amide bonds. The highest BCUT2D eigenvalue weighted by Gasteiger charge is 2.37. The van der Waals surface area contributed by atoms with Crippen molar-refractivity contribution in [2.24, 2.45) is 5.92 Å². The Morgan fingerprint density at radius 1 is 1.30 bits per heavy atom. The van der Waals surface area contributed by atoms with Crippen LogP contribution in [0.1, 0.15) is 69.7 Å². The predicted molar refractivity (Wildman–Crippen MR) is 75.2 cm³/mol. The minimum Gasteiger partial charge on any atom is -0.373 e. The summed E-state index contributed by atoms with van der Waals surface area (Å²) in [4.78, 5) is 4.65. The number of ether oxygens (including phenoxy) is 1. The van der Waals surface area contributed by atoms with Gasteiger partial charge in [-0.15, -0.1) is 0 Å².